The number of nitrogen functional groups attached to an aromatic ring is 1. The van der Waals surface area contributed by atoms with Crippen molar-refractivity contribution in [1.29, 1.82) is 0 Å². The van der Waals surface area contributed by atoms with E-state index in [2.05, 4.69) is 17.3 Å². The SMILES string of the molecule is CC(C)[C@@H](NC(=O)c1ccc(Cl)c(N)c1)C(=O)N1CCC(C2CCCCN2C)CC1. The van der Waals surface area contributed by atoms with Gasteiger partial charge in [0.05, 0.1) is 10.7 Å². The lowest BCUT2D eigenvalue weighted by Gasteiger charge is -2.43. The van der Waals surface area contributed by atoms with Gasteiger partial charge in [-0.25, -0.2) is 0 Å². The van der Waals surface area contributed by atoms with Gasteiger partial charge in [-0.3, -0.25) is 9.59 Å². The Morgan fingerprint density at radius 3 is 2.43 bits per heavy atom. The van der Waals surface area contributed by atoms with E-state index in [0.717, 1.165) is 25.9 Å². The van der Waals surface area contributed by atoms with E-state index < -0.39 is 6.04 Å². The molecule has 0 spiro atoms. The Morgan fingerprint density at radius 2 is 1.83 bits per heavy atom. The van der Waals surface area contributed by atoms with E-state index in [9.17, 15) is 9.59 Å². The molecule has 2 heterocycles. The number of halogens is 1. The number of anilines is 1. The highest BCUT2D eigenvalue weighted by Crippen LogP contribution is 2.30. The van der Waals surface area contributed by atoms with Crippen LogP contribution >= 0.6 is 11.6 Å². The van der Waals surface area contributed by atoms with Gasteiger partial charge in [0, 0.05) is 24.7 Å². The van der Waals surface area contributed by atoms with Gasteiger partial charge in [0.15, 0.2) is 0 Å². The quantitative estimate of drug-likeness (QED) is 0.696. The first-order valence-electron chi connectivity index (χ1n) is 11.1. The van der Waals surface area contributed by atoms with Gasteiger partial charge in [-0.1, -0.05) is 31.9 Å². The lowest BCUT2D eigenvalue weighted by Crippen LogP contribution is -2.54. The summed E-state index contributed by atoms with van der Waals surface area (Å²) >= 11 is 5.95. The molecule has 0 bridgehead atoms. The topological polar surface area (TPSA) is 78.7 Å². The molecule has 0 aromatic heterocycles. The van der Waals surface area contributed by atoms with Crippen LogP contribution in [0.3, 0.4) is 0 Å². The monoisotopic (exact) mass is 434 g/mol. The number of rotatable bonds is 5. The molecule has 0 radical (unpaired) electrons. The number of likely N-dealkylation sites (tertiary alicyclic amines) is 2. The van der Waals surface area contributed by atoms with Crippen molar-refractivity contribution in [3.05, 3.63) is 28.8 Å². The summed E-state index contributed by atoms with van der Waals surface area (Å²) in [6.07, 6.45) is 5.94. The van der Waals surface area contributed by atoms with Crippen molar-refractivity contribution in [3.63, 3.8) is 0 Å². The van der Waals surface area contributed by atoms with Crippen molar-refractivity contribution in [2.24, 2.45) is 11.8 Å². The molecule has 30 heavy (non-hydrogen) atoms. The highest BCUT2D eigenvalue weighted by atomic mass is 35.5. The highest BCUT2D eigenvalue weighted by molar-refractivity contribution is 6.33. The van der Waals surface area contributed by atoms with Gasteiger partial charge < -0.3 is 20.9 Å². The molecule has 2 fully saturated rings. The largest absolute Gasteiger partial charge is 0.398 e. The maximum absolute atomic E-state index is 13.2. The van der Waals surface area contributed by atoms with E-state index in [1.807, 2.05) is 18.7 Å². The van der Waals surface area contributed by atoms with E-state index in [1.165, 1.54) is 25.8 Å². The fourth-order valence-corrected chi connectivity index (χ4v) is 4.94. The third kappa shape index (κ3) is 5.27. The second-order valence-electron chi connectivity index (χ2n) is 9.14. The first-order chi connectivity index (χ1) is 14.3. The van der Waals surface area contributed by atoms with Crippen LogP contribution < -0.4 is 11.1 Å². The van der Waals surface area contributed by atoms with Crippen LogP contribution in [-0.4, -0.2) is 60.4 Å². The minimum atomic E-state index is -0.552. The molecule has 0 aliphatic carbocycles. The number of piperidine rings is 2. The van der Waals surface area contributed by atoms with Gasteiger partial charge in [-0.15, -0.1) is 0 Å². The van der Waals surface area contributed by atoms with Crippen molar-refractivity contribution in [2.75, 3.05) is 32.4 Å². The molecule has 3 rings (SSSR count). The van der Waals surface area contributed by atoms with Gasteiger partial charge in [0.1, 0.15) is 6.04 Å². The van der Waals surface area contributed by atoms with Crippen molar-refractivity contribution in [3.8, 4) is 0 Å². The number of nitrogens with zero attached hydrogens (tertiary/aromatic N) is 2. The number of hydrogen-bond acceptors (Lipinski definition) is 4. The Labute approximate surface area is 185 Å². The molecule has 2 atom stereocenters. The third-order valence-corrected chi connectivity index (χ3v) is 7.04. The molecular weight excluding hydrogens is 400 g/mol. The smallest absolute Gasteiger partial charge is 0.252 e. The maximum Gasteiger partial charge on any atom is 0.252 e. The average molecular weight is 435 g/mol. The zero-order valence-electron chi connectivity index (χ0n) is 18.4. The number of hydrogen-bond donors (Lipinski definition) is 2. The van der Waals surface area contributed by atoms with Crippen LogP contribution in [0, 0.1) is 11.8 Å². The van der Waals surface area contributed by atoms with E-state index in [1.54, 1.807) is 18.2 Å². The Hall–Kier alpha value is -1.79. The van der Waals surface area contributed by atoms with Crippen LogP contribution in [0.25, 0.3) is 0 Å². The van der Waals surface area contributed by atoms with Crippen molar-refractivity contribution < 1.29 is 9.59 Å². The molecule has 1 aromatic rings. The van der Waals surface area contributed by atoms with Crippen molar-refractivity contribution in [2.45, 2.75) is 58.0 Å². The number of benzene rings is 1. The second kappa shape index (κ2) is 10.0. The second-order valence-corrected chi connectivity index (χ2v) is 9.55. The average Bonchev–Trinajstić information content (AvgIpc) is 2.73. The van der Waals surface area contributed by atoms with Crippen LogP contribution in [-0.2, 0) is 4.79 Å². The fraction of sp³-hybridized carbons (Fsp3) is 0.652. The molecule has 2 amide bonds. The maximum atomic E-state index is 13.2. The van der Waals surface area contributed by atoms with Gasteiger partial charge in [0.25, 0.3) is 5.91 Å². The summed E-state index contributed by atoms with van der Waals surface area (Å²) in [7, 11) is 2.23. The summed E-state index contributed by atoms with van der Waals surface area (Å²) in [5.74, 6) is 0.358. The Bertz CT molecular complexity index is 762. The number of nitrogens with two attached hydrogens (primary N) is 1. The number of carbonyl (C=O) groups excluding carboxylic acids is 2. The third-order valence-electron chi connectivity index (χ3n) is 6.70. The van der Waals surface area contributed by atoms with Crippen LogP contribution in [0.1, 0.15) is 56.3 Å². The summed E-state index contributed by atoms with van der Waals surface area (Å²) in [6.45, 7) is 6.63. The minimum Gasteiger partial charge on any atom is -0.398 e. The fourth-order valence-electron chi connectivity index (χ4n) is 4.82. The van der Waals surface area contributed by atoms with Crippen LogP contribution in [0.5, 0.6) is 0 Å². The normalized spacial score (nSPS) is 22.2. The standard InChI is InChI=1S/C23H35ClN4O2/c1-15(2)21(26-22(29)17-7-8-18(24)19(25)14-17)23(30)28-12-9-16(10-13-28)20-6-4-5-11-27(20)3/h7-8,14-16,20-21H,4-6,9-13,25H2,1-3H3,(H,26,29)/t20?,21-/m1/s1. The summed E-state index contributed by atoms with van der Waals surface area (Å²) in [6, 6.07) is 4.87. The molecule has 166 valence electrons. The highest BCUT2D eigenvalue weighted by Gasteiger charge is 2.35. The van der Waals surface area contributed by atoms with Crippen LogP contribution in [0.15, 0.2) is 18.2 Å². The summed E-state index contributed by atoms with van der Waals surface area (Å²) in [5.41, 5.74) is 6.58. The predicted octanol–water partition coefficient (Wildman–Crippen LogP) is 3.40. The van der Waals surface area contributed by atoms with Gasteiger partial charge in [-0.2, -0.15) is 0 Å². The molecule has 6 nitrogen and oxygen atoms in total. The number of carbonyl (C=O) groups is 2. The van der Waals surface area contributed by atoms with Gasteiger partial charge in [0.2, 0.25) is 5.91 Å². The number of amides is 2. The first kappa shape index (κ1) is 22.9. The van der Waals surface area contributed by atoms with Gasteiger partial charge in [-0.05, 0) is 69.3 Å². The van der Waals surface area contributed by atoms with E-state index in [0.29, 0.717) is 28.2 Å². The summed E-state index contributed by atoms with van der Waals surface area (Å²) in [5, 5.41) is 3.33. The van der Waals surface area contributed by atoms with E-state index in [4.69, 9.17) is 17.3 Å². The van der Waals surface area contributed by atoms with Gasteiger partial charge >= 0.3 is 0 Å². The Balaban J connectivity index is 1.60. The predicted molar refractivity (Wildman–Crippen MR) is 122 cm³/mol. The molecule has 2 saturated heterocycles. The van der Waals surface area contributed by atoms with Crippen LogP contribution in [0.4, 0.5) is 5.69 Å². The molecule has 7 heteroatoms. The molecule has 0 saturated carbocycles. The summed E-state index contributed by atoms with van der Waals surface area (Å²) < 4.78 is 0. The molecular formula is C23H35ClN4O2. The van der Waals surface area contributed by atoms with Crippen LogP contribution in [0.2, 0.25) is 5.02 Å². The molecule has 2 aliphatic rings. The minimum absolute atomic E-state index is 0.00621. The molecule has 1 aromatic carbocycles. The summed E-state index contributed by atoms with van der Waals surface area (Å²) in [4.78, 5) is 30.4. The lowest BCUT2D eigenvalue weighted by molar-refractivity contribution is -0.136. The molecule has 3 N–H and O–H groups in total. The Morgan fingerprint density at radius 1 is 1.13 bits per heavy atom. The Kier molecular flexibility index (Phi) is 7.64. The lowest BCUT2D eigenvalue weighted by atomic mass is 9.83. The molecule has 1 unspecified atom stereocenters. The zero-order valence-corrected chi connectivity index (χ0v) is 19.1. The van der Waals surface area contributed by atoms with E-state index in [-0.39, 0.29) is 17.7 Å². The molecule has 2 aliphatic heterocycles. The number of nitrogens with one attached hydrogen (secondary N) is 1. The first-order valence-corrected chi connectivity index (χ1v) is 11.5. The zero-order chi connectivity index (χ0) is 21.8. The van der Waals surface area contributed by atoms with Crippen molar-refractivity contribution in [1.82, 2.24) is 15.1 Å². The van der Waals surface area contributed by atoms with E-state index >= 15 is 0 Å². The van der Waals surface area contributed by atoms with Crippen molar-refractivity contribution >= 4 is 29.1 Å².